The molecule has 4 rings (SSSR count). The first-order chi connectivity index (χ1) is 18.1. The number of nitrogens with one attached hydrogen (secondary N) is 1. The van der Waals surface area contributed by atoms with E-state index in [0.29, 0.717) is 27.7 Å². The maximum Gasteiger partial charge on any atom is 0.243 e. The van der Waals surface area contributed by atoms with Crippen LogP contribution in [0.5, 0.6) is 0 Å². The van der Waals surface area contributed by atoms with Gasteiger partial charge in [0, 0.05) is 25.3 Å². The van der Waals surface area contributed by atoms with Gasteiger partial charge in [-0.1, -0.05) is 59.1 Å². The molecule has 1 aliphatic heterocycles. The van der Waals surface area contributed by atoms with Crippen LogP contribution in [0, 0.1) is 6.92 Å². The Bertz CT molecular complexity index is 1410. The van der Waals surface area contributed by atoms with E-state index in [-0.39, 0.29) is 17.3 Å². The van der Waals surface area contributed by atoms with Gasteiger partial charge in [-0.15, -0.1) is 0 Å². The zero-order valence-corrected chi connectivity index (χ0v) is 23.3. The Balaban J connectivity index is 1.47. The predicted molar refractivity (Wildman–Crippen MR) is 150 cm³/mol. The lowest BCUT2D eigenvalue weighted by atomic mass is 10.1. The van der Waals surface area contributed by atoms with Crippen molar-refractivity contribution in [3.8, 4) is 0 Å². The highest BCUT2D eigenvalue weighted by molar-refractivity contribution is 7.89. The first-order valence-corrected chi connectivity index (χ1v) is 14.5. The third-order valence-corrected chi connectivity index (χ3v) is 8.92. The first-order valence-electron chi connectivity index (χ1n) is 12.3. The number of nitrogens with zero attached hydrogens (tertiary/aromatic N) is 2. The minimum absolute atomic E-state index is 0.0714. The molecule has 0 aromatic heterocycles. The molecular weight excluding hydrogens is 545 g/mol. The van der Waals surface area contributed by atoms with Crippen LogP contribution in [0.4, 0.5) is 5.69 Å². The van der Waals surface area contributed by atoms with Gasteiger partial charge in [-0.2, -0.15) is 4.31 Å². The van der Waals surface area contributed by atoms with Crippen LogP contribution in [-0.4, -0.2) is 49.1 Å². The lowest BCUT2D eigenvalue weighted by Crippen LogP contribution is -2.37. The Morgan fingerprint density at radius 3 is 2.16 bits per heavy atom. The molecule has 7 nitrogen and oxygen atoms in total. The highest BCUT2D eigenvalue weighted by atomic mass is 35.5. The summed E-state index contributed by atoms with van der Waals surface area (Å²) < 4.78 is 28.1. The number of hydrogen-bond acceptors (Lipinski definition) is 4. The number of hydrogen-bond donors (Lipinski definition) is 1. The van der Waals surface area contributed by atoms with E-state index in [4.69, 9.17) is 23.2 Å². The molecule has 38 heavy (non-hydrogen) atoms. The normalized spacial score (nSPS) is 13.6. The molecule has 1 heterocycles. The molecule has 0 saturated carbocycles. The Hall–Kier alpha value is -2.91. The average Bonchev–Trinajstić information content (AvgIpc) is 3.43. The van der Waals surface area contributed by atoms with Gasteiger partial charge in [-0.25, -0.2) is 8.42 Å². The maximum absolute atomic E-state index is 13.5. The van der Waals surface area contributed by atoms with Crippen molar-refractivity contribution in [2.75, 3.05) is 25.0 Å². The molecule has 1 fully saturated rings. The van der Waals surface area contributed by atoms with Gasteiger partial charge in [0.25, 0.3) is 0 Å². The number of rotatable bonds is 9. The smallest absolute Gasteiger partial charge is 0.243 e. The largest absolute Gasteiger partial charge is 0.342 e. The molecule has 0 radical (unpaired) electrons. The van der Waals surface area contributed by atoms with Crippen molar-refractivity contribution in [3.05, 3.63) is 93.5 Å². The van der Waals surface area contributed by atoms with E-state index in [1.165, 1.54) is 12.1 Å². The lowest BCUT2D eigenvalue weighted by molar-refractivity contribution is -0.129. The van der Waals surface area contributed by atoms with Crippen LogP contribution >= 0.6 is 23.2 Å². The summed E-state index contributed by atoms with van der Waals surface area (Å²) in [5.41, 5.74) is 2.87. The average molecular weight is 575 g/mol. The van der Waals surface area contributed by atoms with Gasteiger partial charge >= 0.3 is 0 Å². The summed E-state index contributed by atoms with van der Waals surface area (Å²) in [6.07, 6.45) is 2.39. The van der Waals surface area contributed by atoms with Crippen molar-refractivity contribution in [2.24, 2.45) is 0 Å². The van der Waals surface area contributed by atoms with Crippen LogP contribution in [0.1, 0.15) is 29.5 Å². The van der Waals surface area contributed by atoms with Crippen LogP contribution < -0.4 is 5.32 Å². The third-order valence-electron chi connectivity index (χ3n) is 6.37. The van der Waals surface area contributed by atoms with Crippen molar-refractivity contribution >= 4 is 50.7 Å². The van der Waals surface area contributed by atoms with E-state index in [1.807, 2.05) is 11.8 Å². The summed E-state index contributed by atoms with van der Waals surface area (Å²) in [6.45, 7) is 2.99. The van der Waals surface area contributed by atoms with E-state index < -0.39 is 22.5 Å². The molecule has 0 aliphatic carbocycles. The number of benzene rings is 3. The third kappa shape index (κ3) is 7.14. The molecule has 0 unspecified atom stereocenters. The van der Waals surface area contributed by atoms with Gasteiger partial charge in [-0.05, 0) is 67.3 Å². The minimum atomic E-state index is -4.00. The molecule has 1 N–H and O–H groups in total. The van der Waals surface area contributed by atoms with E-state index in [1.54, 1.807) is 54.6 Å². The quantitative estimate of drug-likeness (QED) is 0.376. The topological polar surface area (TPSA) is 86.8 Å². The molecule has 1 aliphatic rings. The molecule has 1 saturated heterocycles. The monoisotopic (exact) mass is 573 g/mol. The van der Waals surface area contributed by atoms with Crippen LogP contribution in [0.15, 0.2) is 71.6 Å². The highest BCUT2D eigenvalue weighted by Gasteiger charge is 2.27. The number of amides is 2. The molecular formula is C28H29Cl2N3O4S. The summed E-state index contributed by atoms with van der Waals surface area (Å²) in [5, 5.41) is 3.41. The second-order valence-corrected chi connectivity index (χ2v) is 12.1. The molecule has 3 aromatic rings. The van der Waals surface area contributed by atoms with E-state index >= 15 is 0 Å². The molecule has 10 heteroatoms. The van der Waals surface area contributed by atoms with Gasteiger partial charge in [0.05, 0.1) is 27.9 Å². The number of likely N-dealkylation sites (tertiary alicyclic amines) is 1. The summed E-state index contributed by atoms with van der Waals surface area (Å²) in [7, 11) is -4.00. The second-order valence-electron chi connectivity index (χ2n) is 9.34. The number of carbonyl (C=O) groups is 2. The Morgan fingerprint density at radius 2 is 1.53 bits per heavy atom. The van der Waals surface area contributed by atoms with Gasteiger partial charge in [0.1, 0.15) is 0 Å². The molecule has 0 bridgehead atoms. The lowest BCUT2D eigenvalue weighted by Gasteiger charge is -2.22. The van der Waals surface area contributed by atoms with Crippen LogP contribution in [-0.2, 0) is 32.6 Å². The number of anilines is 1. The Morgan fingerprint density at radius 1 is 0.895 bits per heavy atom. The van der Waals surface area contributed by atoms with Crippen molar-refractivity contribution in [1.29, 1.82) is 0 Å². The van der Waals surface area contributed by atoms with Crippen molar-refractivity contribution in [2.45, 2.75) is 37.6 Å². The fourth-order valence-corrected chi connectivity index (χ4v) is 5.95. The number of carbonyl (C=O) groups excluding carboxylic acids is 2. The zero-order chi connectivity index (χ0) is 27.3. The standard InChI is InChI=1S/C28H29Cl2N3O4S/c1-20-4-11-24(12-5-20)38(36,37)33(18-22-8-13-25(29)26(30)16-22)19-27(34)31-23-9-6-21(7-10-23)17-28(35)32-14-2-3-15-32/h4-13,16H,2-3,14-15,17-19H2,1H3,(H,31,34). The van der Waals surface area contributed by atoms with Crippen LogP contribution in [0.3, 0.4) is 0 Å². The number of sulfonamides is 1. The Labute approximate surface area is 233 Å². The first kappa shape index (κ1) is 28.1. The Kier molecular flexibility index (Phi) is 9.10. The van der Waals surface area contributed by atoms with Crippen LogP contribution in [0.25, 0.3) is 0 Å². The van der Waals surface area contributed by atoms with Crippen LogP contribution in [0.2, 0.25) is 10.0 Å². The predicted octanol–water partition coefficient (Wildman–Crippen LogP) is 5.30. The highest BCUT2D eigenvalue weighted by Crippen LogP contribution is 2.25. The minimum Gasteiger partial charge on any atom is -0.342 e. The fourth-order valence-electron chi connectivity index (χ4n) is 4.25. The molecule has 0 spiro atoms. The molecule has 2 amide bonds. The number of halogens is 2. The summed E-state index contributed by atoms with van der Waals surface area (Å²) in [6, 6.07) is 18.3. The van der Waals surface area contributed by atoms with Gasteiger partial charge in [-0.3, -0.25) is 9.59 Å². The van der Waals surface area contributed by atoms with E-state index in [0.717, 1.165) is 41.4 Å². The van der Waals surface area contributed by atoms with E-state index in [2.05, 4.69) is 5.32 Å². The van der Waals surface area contributed by atoms with Gasteiger partial charge in [0.15, 0.2) is 0 Å². The zero-order valence-electron chi connectivity index (χ0n) is 21.0. The van der Waals surface area contributed by atoms with E-state index in [9.17, 15) is 18.0 Å². The summed E-state index contributed by atoms with van der Waals surface area (Å²) in [5.74, 6) is -0.403. The second kappa shape index (κ2) is 12.3. The number of aryl methyl sites for hydroxylation is 1. The van der Waals surface area contributed by atoms with Crippen molar-refractivity contribution < 1.29 is 18.0 Å². The summed E-state index contributed by atoms with van der Waals surface area (Å²) in [4.78, 5) is 27.3. The maximum atomic E-state index is 13.5. The molecule has 200 valence electrons. The van der Waals surface area contributed by atoms with Gasteiger partial charge in [0.2, 0.25) is 21.8 Å². The van der Waals surface area contributed by atoms with Crippen molar-refractivity contribution in [1.82, 2.24) is 9.21 Å². The molecule has 0 atom stereocenters. The van der Waals surface area contributed by atoms with Crippen molar-refractivity contribution in [3.63, 3.8) is 0 Å². The SMILES string of the molecule is Cc1ccc(S(=O)(=O)N(CC(=O)Nc2ccc(CC(=O)N3CCCC3)cc2)Cc2ccc(Cl)c(Cl)c2)cc1. The van der Waals surface area contributed by atoms with Gasteiger partial charge < -0.3 is 10.2 Å². The molecule has 3 aromatic carbocycles. The fraction of sp³-hybridized carbons (Fsp3) is 0.286. The summed E-state index contributed by atoms with van der Waals surface area (Å²) >= 11 is 12.2.